The maximum absolute atomic E-state index is 11.6. The standard InChI is InChI=1S/C13H11N3O2/c17-11-6-4-10(5-7-11)9-15-16-13(18)12-3-1-2-8-14-12/h1-9,17H,(H,16,18). The molecule has 1 amide bonds. The van der Waals surface area contributed by atoms with E-state index in [-0.39, 0.29) is 11.7 Å². The summed E-state index contributed by atoms with van der Waals surface area (Å²) in [6.45, 7) is 0. The van der Waals surface area contributed by atoms with Crippen molar-refractivity contribution in [2.45, 2.75) is 0 Å². The van der Waals surface area contributed by atoms with Gasteiger partial charge in [0.15, 0.2) is 0 Å². The summed E-state index contributed by atoms with van der Waals surface area (Å²) in [4.78, 5) is 15.5. The lowest BCUT2D eigenvalue weighted by atomic mass is 10.2. The number of aromatic nitrogens is 1. The Morgan fingerprint density at radius 1 is 1.22 bits per heavy atom. The molecule has 0 aliphatic rings. The monoisotopic (exact) mass is 241 g/mol. The molecule has 0 fully saturated rings. The fourth-order valence-corrected chi connectivity index (χ4v) is 1.28. The van der Waals surface area contributed by atoms with Gasteiger partial charge in [0.1, 0.15) is 11.4 Å². The number of pyridine rings is 1. The molecule has 2 rings (SSSR count). The minimum atomic E-state index is -0.370. The van der Waals surface area contributed by atoms with E-state index in [2.05, 4.69) is 15.5 Å². The van der Waals surface area contributed by atoms with Crippen molar-refractivity contribution in [1.29, 1.82) is 0 Å². The van der Waals surface area contributed by atoms with Crippen molar-refractivity contribution < 1.29 is 9.90 Å². The Labute approximate surface area is 104 Å². The highest BCUT2D eigenvalue weighted by Gasteiger charge is 2.03. The molecule has 0 saturated carbocycles. The summed E-state index contributed by atoms with van der Waals surface area (Å²) in [5.74, 6) is -0.185. The SMILES string of the molecule is O=C(NN=Cc1ccc(O)cc1)c1ccccn1. The van der Waals surface area contributed by atoms with E-state index in [0.29, 0.717) is 5.69 Å². The van der Waals surface area contributed by atoms with E-state index in [1.165, 1.54) is 6.21 Å². The Hall–Kier alpha value is -2.69. The summed E-state index contributed by atoms with van der Waals surface area (Å²) in [5.41, 5.74) is 3.45. The van der Waals surface area contributed by atoms with E-state index < -0.39 is 0 Å². The predicted molar refractivity (Wildman–Crippen MR) is 67.4 cm³/mol. The number of benzene rings is 1. The maximum atomic E-state index is 11.6. The first-order chi connectivity index (χ1) is 8.75. The van der Waals surface area contributed by atoms with Crippen LogP contribution in [0.15, 0.2) is 53.8 Å². The van der Waals surface area contributed by atoms with Crippen LogP contribution in [0, 0.1) is 0 Å². The lowest BCUT2D eigenvalue weighted by Crippen LogP contribution is -2.18. The highest BCUT2D eigenvalue weighted by atomic mass is 16.3. The number of hydrogen-bond acceptors (Lipinski definition) is 4. The summed E-state index contributed by atoms with van der Waals surface area (Å²) >= 11 is 0. The van der Waals surface area contributed by atoms with Crippen LogP contribution in [0.2, 0.25) is 0 Å². The summed E-state index contributed by atoms with van der Waals surface area (Å²) in [7, 11) is 0. The van der Waals surface area contributed by atoms with Crippen molar-refractivity contribution in [3.8, 4) is 5.75 Å². The molecule has 0 radical (unpaired) electrons. The van der Waals surface area contributed by atoms with E-state index in [9.17, 15) is 4.79 Å². The third-order valence-corrected chi connectivity index (χ3v) is 2.17. The van der Waals surface area contributed by atoms with Crippen molar-refractivity contribution in [2.24, 2.45) is 5.10 Å². The molecule has 0 unspecified atom stereocenters. The lowest BCUT2D eigenvalue weighted by Gasteiger charge is -1.98. The summed E-state index contributed by atoms with van der Waals surface area (Å²) in [5, 5.41) is 12.9. The van der Waals surface area contributed by atoms with Gasteiger partial charge < -0.3 is 5.11 Å². The number of hydrogen-bond donors (Lipinski definition) is 2. The quantitative estimate of drug-likeness (QED) is 0.632. The molecular weight excluding hydrogens is 230 g/mol. The molecule has 1 aromatic carbocycles. The third kappa shape index (κ3) is 3.15. The first kappa shape index (κ1) is 11.8. The maximum Gasteiger partial charge on any atom is 0.289 e. The zero-order valence-corrected chi connectivity index (χ0v) is 9.45. The molecule has 0 spiro atoms. The minimum absolute atomic E-state index is 0.185. The average molecular weight is 241 g/mol. The van der Waals surface area contributed by atoms with Crippen LogP contribution >= 0.6 is 0 Å². The van der Waals surface area contributed by atoms with Gasteiger partial charge in [-0.2, -0.15) is 5.10 Å². The molecule has 1 heterocycles. The van der Waals surface area contributed by atoms with Crippen LogP contribution in [-0.2, 0) is 0 Å². The van der Waals surface area contributed by atoms with Crippen molar-refractivity contribution >= 4 is 12.1 Å². The van der Waals surface area contributed by atoms with Gasteiger partial charge in [-0.25, -0.2) is 5.43 Å². The number of hydrazone groups is 1. The number of nitrogens with one attached hydrogen (secondary N) is 1. The third-order valence-electron chi connectivity index (χ3n) is 2.17. The van der Waals surface area contributed by atoms with Crippen LogP contribution < -0.4 is 5.43 Å². The Morgan fingerprint density at radius 3 is 2.67 bits per heavy atom. The van der Waals surface area contributed by atoms with Crippen LogP contribution in [-0.4, -0.2) is 22.2 Å². The molecule has 5 heteroatoms. The number of carbonyl (C=O) groups excluding carboxylic acids is 1. The van der Waals surface area contributed by atoms with Crippen LogP contribution in [0.1, 0.15) is 16.1 Å². The van der Waals surface area contributed by atoms with Gasteiger partial charge in [-0.05, 0) is 42.0 Å². The number of phenols is 1. The van der Waals surface area contributed by atoms with Crippen LogP contribution in [0.25, 0.3) is 0 Å². The number of amides is 1. The van der Waals surface area contributed by atoms with E-state index >= 15 is 0 Å². The second-order valence-corrected chi connectivity index (χ2v) is 3.51. The number of aromatic hydroxyl groups is 1. The van der Waals surface area contributed by atoms with Crippen molar-refractivity contribution in [2.75, 3.05) is 0 Å². The normalized spacial score (nSPS) is 10.4. The smallest absolute Gasteiger partial charge is 0.289 e. The number of carbonyl (C=O) groups is 1. The second-order valence-electron chi connectivity index (χ2n) is 3.51. The van der Waals surface area contributed by atoms with Gasteiger partial charge in [-0.3, -0.25) is 9.78 Å². The van der Waals surface area contributed by atoms with Crippen molar-refractivity contribution in [3.63, 3.8) is 0 Å². The Morgan fingerprint density at radius 2 is 2.00 bits per heavy atom. The molecule has 1 aromatic heterocycles. The Balaban J connectivity index is 1.96. The van der Waals surface area contributed by atoms with Crippen LogP contribution in [0.3, 0.4) is 0 Å². The minimum Gasteiger partial charge on any atom is -0.508 e. The molecule has 2 N–H and O–H groups in total. The average Bonchev–Trinajstić information content (AvgIpc) is 2.42. The first-order valence-corrected chi connectivity index (χ1v) is 5.29. The summed E-state index contributed by atoms with van der Waals surface area (Å²) in [6.07, 6.45) is 3.03. The zero-order valence-electron chi connectivity index (χ0n) is 9.45. The van der Waals surface area contributed by atoms with Crippen molar-refractivity contribution in [1.82, 2.24) is 10.4 Å². The van der Waals surface area contributed by atoms with E-state index in [4.69, 9.17) is 5.11 Å². The highest BCUT2D eigenvalue weighted by molar-refractivity contribution is 5.93. The highest BCUT2D eigenvalue weighted by Crippen LogP contribution is 2.07. The van der Waals surface area contributed by atoms with Gasteiger partial charge in [-0.15, -0.1) is 0 Å². The molecule has 5 nitrogen and oxygen atoms in total. The van der Waals surface area contributed by atoms with Crippen LogP contribution in [0.4, 0.5) is 0 Å². The van der Waals surface area contributed by atoms with Gasteiger partial charge in [-0.1, -0.05) is 6.07 Å². The topological polar surface area (TPSA) is 74.6 Å². The molecule has 18 heavy (non-hydrogen) atoms. The Bertz CT molecular complexity index is 550. The molecule has 0 bridgehead atoms. The molecule has 0 atom stereocenters. The van der Waals surface area contributed by atoms with E-state index in [0.717, 1.165) is 5.56 Å². The first-order valence-electron chi connectivity index (χ1n) is 5.29. The second kappa shape index (κ2) is 5.58. The van der Waals surface area contributed by atoms with E-state index in [1.807, 2.05) is 0 Å². The van der Waals surface area contributed by atoms with E-state index in [1.54, 1.807) is 48.7 Å². The molecule has 2 aromatic rings. The summed E-state index contributed by atoms with van der Waals surface area (Å²) in [6, 6.07) is 11.5. The van der Waals surface area contributed by atoms with Crippen molar-refractivity contribution in [3.05, 3.63) is 59.9 Å². The molecule has 0 saturated heterocycles. The molecule has 90 valence electrons. The number of rotatable bonds is 3. The number of nitrogens with zero attached hydrogens (tertiary/aromatic N) is 2. The number of phenolic OH excluding ortho intramolecular Hbond substituents is 1. The largest absolute Gasteiger partial charge is 0.508 e. The lowest BCUT2D eigenvalue weighted by molar-refractivity contribution is 0.0950. The molecular formula is C13H11N3O2. The van der Waals surface area contributed by atoms with Gasteiger partial charge in [0, 0.05) is 6.20 Å². The Kier molecular flexibility index (Phi) is 3.66. The fourth-order valence-electron chi connectivity index (χ4n) is 1.28. The van der Waals surface area contributed by atoms with Gasteiger partial charge in [0.05, 0.1) is 6.21 Å². The predicted octanol–water partition coefficient (Wildman–Crippen LogP) is 1.55. The van der Waals surface area contributed by atoms with Gasteiger partial charge in [0.2, 0.25) is 0 Å². The molecule has 0 aliphatic heterocycles. The van der Waals surface area contributed by atoms with Gasteiger partial charge in [0.25, 0.3) is 5.91 Å². The zero-order chi connectivity index (χ0) is 12.8. The summed E-state index contributed by atoms with van der Waals surface area (Å²) < 4.78 is 0. The molecule has 0 aliphatic carbocycles. The fraction of sp³-hybridized carbons (Fsp3) is 0. The van der Waals surface area contributed by atoms with Crippen LogP contribution in [0.5, 0.6) is 5.75 Å². The van der Waals surface area contributed by atoms with Gasteiger partial charge >= 0.3 is 0 Å².